The van der Waals surface area contributed by atoms with Crippen molar-refractivity contribution in [2.75, 3.05) is 10.2 Å². The van der Waals surface area contributed by atoms with Crippen molar-refractivity contribution >= 4 is 52.2 Å². The Hall–Kier alpha value is -4.03. The maximum absolute atomic E-state index is 13.6. The van der Waals surface area contributed by atoms with Crippen molar-refractivity contribution in [3.05, 3.63) is 98.9 Å². The predicted molar refractivity (Wildman–Crippen MR) is 136 cm³/mol. The van der Waals surface area contributed by atoms with Crippen molar-refractivity contribution in [1.82, 2.24) is 4.57 Å². The Kier molecular flexibility index (Phi) is 6.00. The number of amides is 3. The smallest absolute Gasteiger partial charge is 0.308 e. The fraction of sp³-hybridized carbons (Fsp3) is 0.154. The molecular weight excluding hydrogens is 536 g/mol. The number of fused-ring (bicyclic) bond motifs is 2. The second kappa shape index (κ2) is 9.37. The summed E-state index contributed by atoms with van der Waals surface area (Å²) in [4.78, 5) is 54.1. The van der Waals surface area contributed by atoms with E-state index in [4.69, 9.17) is 4.42 Å². The van der Waals surface area contributed by atoms with Gasteiger partial charge in [0.25, 0.3) is 0 Å². The molecule has 6 rings (SSSR count). The Morgan fingerprint density at radius 3 is 2.29 bits per heavy atom. The zero-order valence-corrected chi connectivity index (χ0v) is 20.9. The minimum atomic E-state index is -0.893. The SMILES string of the molecule is O=C(Cn1c2c(sc1=O)[C@H](c1ccco1)C1C(=O)N(c3ccc(F)cc3)C(=O)C1S2)Nc1ccc(F)cc1. The average Bonchev–Trinajstić information content (AvgIpc) is 3.59. The van der Waals surface area contributed by atoms with Gasteiger partial charge in [-0.05, 0) is 60.7 Å². The van der Waals surface area contributed by atoms with E-state index < -0.39 is 51.3 Å². The summed E-state index contributed by atoms with van der Waals surface area (Å²) in [7, 11) is 0. The topological polar surface area (TPSA) is 102 Å². The van der Waals surface area contributed by atoms with Gasteiger partial charge in [0.05, 0.1) is 33.7 Å². The van der Waals surface area contributed by atoms with E-state index in [1.54, 1.807) is 12.1 Å². The second-order valence-corrected chi connectivity index (χ2v) is 10.8. The number of benzene rings is 2. The maximum atomic E-state index is 13.6. The van der Waals surface area contributed by atoms with Gasteiger partial charge in [0.2, 0.25) is 17.7 Å². The number of thiazole rings is 1. The first-order valence-electron chi connectivity index (χ1n) is 11.4. The molecule has 4 aromatic rings. The molecule has 0 bridgehead atoms. The van der Waals surface area contributed by atoms with Crippen LogP contribution in [0.4, 0.5) is 20.2 Å². The number of aromatic nitrogens is 1. The van der Waals surface area contributed by atoms with Crippen molar-refractivity contribution < 1.29 is 27.6 Å². The molecule has 1 saturated heterocycles. The van der Waals surface area contributed by atoms with E-state index in [1.165, 1.54) is 59.4 Å². The number of rotatable bonds is 5. The first kappa shape index (κ1) is 24.3. The molecule has 38 heavy (non-hydrogen) atoms. The van der Waals surface area contributed by atoms with Gasteiger partial charge in [0, 0.05) is 5.69 Å². The summed E-state index contributed by atoms with van der Waals surface area (Å²) in [6.45, 7) is -0.346. The molecule has 0 radical (unpaired) electrons. The first-order chi connectivity index (χ1) is 18.3. The Labute approximate surface area is 221 Å². The van der Waals surface area contributed by atoms with E-state index in [0.717, 1.165) is 28.0 Å². The van der Waals surface area contributed by atoms with Gasteiger partial charge in [-0.3, -0.25) is 23.7 Å². The molecule has 4 heterocycles. The van der Waals surface area contributed by atoms with E-state index >= 15 is 0 Å². The summed E-state index contributed by atoms with van der Waals surface area (Å²) in [5.41, 5.74) is 0.607. The van der Waals surface area contributed by atoms with Gasteiger partial charge in [-0.1, -0.05) is 23.1 Å². The zero-order valence-electron chi connectivity index (χ0n) is 19.3. The summed E-state index contributed by atoms with van der Waals surface area (Å²) in [5.74, 6) is -3.63. The predicted octanol–water partition coefficient (Wildman–Crippen LogP) is 4.22. The number of hydrogen-bond acceptors (Lipinski definition) is 7. The summed E-state index contributed by atoms with van der Waals surface area (Å²) >= 11 is 1.95. The highest BCUT2D eigenvalue weighted by Crippen LogP contribution is 2.53. The average molecular weight is 554 g/mol. The van der Waals surface area contributed by atoms with Crippen molar-refractivity contribution in [2.24, 2.45) is 5.92 Å². The van der Waals surface area contributed by atoms with Crippen LogP contribution >= 0.6 is 23.1 Å². The molecule has 2 aromatic carbocycles. The number of carbonyl (C=O) groups is 3. The van der Waals surface area contributed by atoms with Crippen LogP contribution in [-0.2, 0) is 20.9 Å². The van der Waals surface area contributed by atoms with E-state index in [1.807, 2.05) is 0 Å². The van der Waals surface area contributed by atoms with Crippen LogP contribution in [0, 0.1) is 17.6 Å². The number of imide groups is 1. The minimum absolute atomic E-state index is 0.244. The molecule has 2 unspecified atom stereocenters. The largest absolute Gasteiger partial charge is 0.469 e. The molecule has 0 spiro atoms. The third-order valence-corrected chi connectivity index (χ3v) is 9.02. The monoisotopic (exact) mass is 553 g/mol. The number of furan rings is 1. The molecule has 1 fully saturated rings. The van der Waals surface area contributed by atoms with Crippen LogP contribution < -0.4 is 15.1 Å². The molecule has 12 heteroatoms. The lowest BCUT2D eigenvalue weighted by atomic mass is 9.87. The van der Waals surface area contributed by atoms with Gasteiger partial charge in [-0.25, -0.2) is 13.7 Å². The van der Waals surface area contributed by atoms with Crippen LogP contribution in [-0.4, -0.2) is 27.5 Å². The van der Waals surface area contributed by atoms with Gasteiger partial charge in [0.15, 0.2) is 0 Å². The number of hydrogen-bond donors (Lipinski definition) is 1. The molecular formula is C26H17F2N3O5S2. The minimum Gasteiger partial charge on any atom is -0.469 e. The number of nitrogens with one attached hydrogen (secondary N) is 1. The van der Waals surface area contributed by atoms with Crippen LogP contribution in [0.25, 0.3) is 0 Å². The van der Waals surface area contributed by atoms with E-state index in [-0.39, 0.29) is 12.2 Å². The van der Waals surface area contributed by atoms with Gasteiger partial charge >= 0.3 is 4.87 Å². The van der Waals surface area contributed by atoms with Crippen molar-refractivity contribution in [3.63, 3.8) is 0 Å². The summed E-state index contributed by atoms with van der Waals surface area (Å²) < 4.78 is 33.6. The fourth-order valence-electron chi connectivity index (χ4n) is 4.75. The van der Waals surface area contributed by atoms with E-state index in [0.29, 0.717) is 21.4 Å². The van der Waals surface area contributed by atoms with Crippen LogP contribution in [0.1, 0.15) is 16.6 Å². The Bertz CT molecular complexity index is 1610. The lowest BCUT2D eigenvalue weighted by Gasteiger charge is -2.29. The number of thioether (sulfide) groups is 1. The van der Waals surface area contributed by atoms with Crippen LogP contribution in [0.15, 0.2) is 81.2 Å². The number of anilines is 2. The van der Waals surface area contributed by atoms with Crippen LogP contribution in [0.3, 0.4) is 0 Å². The number of nitrogens with zero attached hydrogens (tertiary/aromatic N) is 2. The summed E-state index contributed by atoms with van der Waals surface area (Å²) in [6.07, 6.45) is 1.45. The van der Waals surface area contributed by atoms with Crippen molar-refractivity contribution in [2.45, 2.75) is 22.7 Å². The maximum Gasteiger partial charge on any atom is 0.308 e. The standard InChI is InChI=1S/C26H17F2N3O5S2/c27-13-3-7-15(8-4-13)29-18(32)12-30-25-22(38-26(30)35)19(17-2-1-11-36-17)20-21(37-25)24(34)31(23(20)33)16-9-5-14(28)6-10-16/h1-11,19-21H,12H2,(H,29,32)/t19-,20?,21?/m1/s1. The number of carbonyl (C=O) groups excluding carboxylic acids is 3. The third kappa shape index (κ3) is 4.05. The third-order valence-electron chi connectivity index (χ3n) is 6.41. The molecule has 1 N–H and O–H groups in total. The highest BCUT2D eigenvalue weighted by Gasteiger charge is 2.57. The first-order valence-corrected chi connectivity index (χ1v) is 13.1. The molecule has 192 valence electrons. The molecule has 2 aromatic heterocycles. The van der Waals surface area contributed by atoms with Gasteiger partial charge in [0.1, 0.15) is 29.2 Å². The Morgan fingerprint density at radius 1 is 0.947 bits per heavy atom. The highest BCUT2D eigenvalue weighted by molar-refractivity contribution is 8.00. The van der Waals surface area contributed by atoms with Crippen LogP contribution in [0.2, 0.25) is 0 Å². The molecule has 3 atom stereocenters. The molecule has 0 aliphatic carbocycles. The Morgan fingerprint density at radius 2 is 1.63 bits per heavy atom. The fourth-order valence-corrected chi connectivity index (χ4v) is 7.51. The summed E-state index contributed by atoms with van der Waals surface area (Å²) in [5, 5.41) is 2.14. The van der Waals surface area contributed by atoms with E-state index in [9.17, 15) is 28.0 Å². The van der Waals surface area contributed by atoms with Crippen molar-refractivity contribution in [3.8, 4) is 0 Å². The second-order valence-electron chi connectivity index (χ2n) is 8.72. The van der Waals surface area contributed by atoms with E-state index in [2.05, 4.69) is 5.32 Å². The molecule has 0 saturated carbocycles. The zero-order chi connectivity index (χ0) is 26.6. The molecule has 2 aliphatic heterocycles. The normalized spacial score (nSPS) is 20.4. The Balaban J connectivity index is 1.38. The molecule has 2 aliphatic rings. The molecule has 8 nitrogen and oxygen atoms in total. The lowest BCUT2D eigenvalue weighted by molar-refractivity contribution is -0.122. The number of halogens is 2. The lowest BCUT2D eigenvalue weighted by Crippen LogP contribution is -2.32. The quantitative estimate of drug-likeness (QED) is 0.372. The van der Waals surface area contributed by atoms with Gasteiger partial charge in [-0.2, -0.15) is 0 Å². The van der Waals surface area contributed by atoms with Crippen LogP contribution in [0.5, 0.6) is 0 Å². The molecule has 3 amide bonds. The highest BCUT2D eigenvalue weighted by atomic mass is 32.2. The summed E-state index contributed by atoms with van der Waals surface area (Å²) in [6, 6.07) is 13.6. The van der Waals surface area contributed by atoms with Crippen molar-refractivity contribution in [1.29, 1.82) is 0 Å². The van der Waals surface area contributed by atoms with Gasteiger partial charge in [-0.15, -0.1) is 0 Å². The van der Waals surface area contributed by atoms with Gasteiger partial charge < -0.3 is 9.73 Å².